The molecule has 1 heterocycles. The molecule has 0 atom stereocenters. The molecule has 0 amide bonds. The summed E-state index contributed by atoms with van der Waals surface area (Å²) in [7, 11) is 1.77. The summed E-state index contributed by atoms with van der Waals surface area (Å²) in [5, 5.41) is 3.97. The second-order valence-corrected chi connectivity index (χ2v) is 3.98. The number of nitrogens with zero attached hydrogens (tertiary/aromatic N) is 2. The molecule has 2 rings (SSSR count). The van der Waals surface area contributed by atoms with Gasteiger partial charge < -0.3 is 4.74 Å². The summed E-state index contributed by atoms with van der Waals surface area (Å²) < 4.78 is 33.7. The van der Waals surface area contributed by atoms with Crippen LogP contribution in [0.15, 0.2) is 24.4 Å². The minimum atomic E-state index is -0.882. The summed E-state index contributed by atoms with van der Waals surface area (Å²) in [6, 6.07) is 3.68. The lowest BCUT2D eigenvalue weighted by atomic mass is 10.2. The zero-order valence-electron chi connectivity index (χ0n) is 10.3. The van der Waals surface area contributed by atoms with Gasteiger partial charge in [-0.2, -0.15) is 5.10 Å². The molecule has 1 aromatic heterocycles. The van der Waals surface area contributed by atoms with Gasteiger partial charge in [0, 0.05) is 30.9 Å². The van der Waals surface area contributed by atoms with Gasteiger partial charge in [0.15, 0.2) is 17.4 Å². The summed E-state index contributed by atoms with van der Waals surface area (Å²) in [5.74, 6) is -2.23. The predicted octanol–water partition coefficient (Wildman–Crippen LogP) is 2.13. The summed E-state index contributed by atoms with van der Waals surface area (Å²) in [4.78, 5) is 10.4. The van der Waals surface area contributed by atoms with Crippen LogP contribution in [-0.2, 0) is 13.5 Å². The van der Waals surface area contributed by atoms with Crippen molar-refractivity contribution >= 4 is 6.29 Å². The van der Waals surface area contributed by atoms with E-state index >= 15 is 0 Å². The van der Waals surface area contributed by atoms with E-state index in [9.17, 15) is 13.6 Å². The number of carbonyl (C=O) groups is 1. The van der Waals surface area contributed by atoms with E-state index in [1.165, 1.54) is 0 Å². The molecule has 0 saturated carbocycles. The second kappa shape index (κ2) is 5.60. The zero-order chi connectivity index (χ0) is 13.8. The van der Waals surface area contributed by atoms with Crippen molar-refractivity contribution in [3.8, 4) is 5.75 Å². The Morgan fingerprint density at radius 1 is 1.37 bits per heavy atom. The molecular weight excluding hydrogens is 254 g/mol. The fourth-order valence-electron chi connectivity index (χ4n) is 1.69. The first kappa shape index (κ1) is 13.2. The minimum absolute atomic E-state index is 0.0611. The number of rotatable bonds is 5. The van der Waals surface area contributed by atoms with Crippen molar-refractivity contribution in [1.82, 2.24) is 9.78 Å². The maximum Gasteiger partial charge on any atom is 0.190 e. The van der Waals surface area contributed by atoms with Gasteiger partial charge in [0.05, 0.1) is 6.61 Å². The van der Waals surface area contributed by atoms with Crippen LogP contribution in [0.1, 0.15) is 16.1 Å². The molecule has 0 unspecified atom stereocenters. The SMILES string of the molecule is Cn1nccc1CCOc1c(F)cc(C=O)cc1F. The summed E-state index contributed by atoms with van der Waals surface area (Å²) in [5.41, 5.74) is 0.833. The Kier molecular flexibility index (Phi) is 3.89. The number of benzene rings is 1. The molecule has 100 valence electrons. The molecule has 0 bridgehead atoms. The maximum absolute atomic E-state index is 13.5. The highest BCUT2D eigenvalue weighted by Gasteiger charge is 2.12. The average Bonchev–Trinajstić information content (AvgIpc) is 2.78. The van der Waals surface area contributed by atoms with Crippen molar-refractivity contribution in [1.29, 1.82) is 0 Å². The summed E-state index contributed by atoms with van der Waals surface area (Å²) >= 11 is 0. The van der Waals surface area contributed by atoms with Gasteiger partial charge in [0.25, 0.3) is 0 Å². The first-order chi connectivity index (χ1) is 9.11. The summed E-state index contributed by atoms with van der Waals surface area (Å²) in [6.45, 7) is 0.119. The molecule has 1 aromatic carbocycles. The van der Waals surface area contributed by atoms with E-state index in [1.807, 2.05) is 0 Å². The molecule has 0 radical (unpaired) electrons. The van der Waals surface area contributed by atoms with Gasteiger partial charge in [0.2, 0.25) is 0 Å². The van der Waals surface area contributed by atoms with E-state index in [2.05, 4.69) is 5.10 Å². The van der Waals surface area contributed by atoms with Gasteiger partial charge in [-0.3, -0.25) is 9.48 Å². The van der Waals surface area contributed by atoms with E-state index in [1.54, 1.807) is 24.0 Å². The lowest BCUT2D eigenvalue weighted by Crippen LogP contribution is -2.08. The summed E-state index contributed by atoms with van der Waals surface area (Å²) in [6.07, 6.45) is 2.49. The average molecular weight is 266 g/mol. The fourth-order valence-corrected chi connectivity index (χ4v) is 1.69. The van der Waals surface area contributed by atoms with Gasteiger partial charge in [-0.1, -0.05) is 0 Å². The van der Waals surface area contributed by atoms with Crippen molar-refractivity contribution in [3.63, 3.8) is 0 Å². The number of ether oxygens (including phenoxy) is 1. The largest absolute Gasteiger partial charge is 0.487 e. The third kappa shape index (κ3) is 2.96. The van der Waals surface area contributed by atoms with Crippen LogP contribution in [-0.4, -0.2) is 22.7 Å². The highest BCUT2D eigenvalue weighted by molar-refractivity contribution is 5.75. The molecule has 0 aliphatic carbocycles. The van der Waals surface area contributed by atoms with E-state index in [0.717, 1.165) is 17.8 Å². The Bertz CT molecular complexity index is 573. The number of aldehydes is 1. The molecule has 0 aliphatic rings. The van der Waals surface area contributed by atoms with Gasteiger partial charge in [-0.15, -0.1) is 0 Å². The number of aromatic nitrogens is 2. The molecule has 6 heteroatoms. The lowest BCUT2D eigenvalue weighted by Gasteiger charge is -2.09. The van der Waals surface area contributed by atoms with Crippen LogP contribution in [0.3, 0.4) is 0 Å². The highest BCUT2D eigenvalue weighted by Crippen LogP contribution is 2.22. The highest BCUT2D eigenvalue weighted by atomic mass is 19.1. The van der Waals surface area contributed by atoms with Crippen molar-refractivity contribution in [2.75, 3.05) is 6.61 Å². The molecule has 0 saturated heterocycles. The van der Waals surface area contributed by atoms with Crippen LogP contribution in [0.5, 0.6) is 5.75 Å². The maximum atomic E-state index is 13.5. The molecule has 0 fully saturated rings. The first-order valence-corrected chi connectivity index (χ1v) is 5.65. The minimum Gasteiger partial charge on any atom is -0.487 e. The molecule has 0 aliphatic heterocycles. The van der Waals surface area contributed by atoms with Gasteiger partial charge >= 0.3 is 0 Å². The smallest absolute Gasteiger partial charge is 0.190 e. The van der Waals surface area contributed by atoms with Crippen LogP contribution in [0.2, 0.25) is 0 Å². The van der Waals surface area contributed by atoms with E-state index in [-0.39, 0.29) is 12.2 Å². The van der Waals surface area contributed by atoms with Gasteiger partial charge in [-0.05, 0) is 18.2 Å². The van der Waals surface area contributed by atoms with E-state index in [4.69, 9.17) is 4.74 Å². The van der Waals surface area contributed by atoms with Crippen LogP contribution in [0.25, 0.3) is 0 Å². The Hall–Kier alpha value is -2.24. The number of carbonyl (C=O) groups excluding carboxylic acids is 1. The van der Waals surface area contributed by atoms with E-state index < -0.39 is 17.4 Å². The van der Waals surface area contributed by atoms with Crippen LogP contribution in [0.4, 0.5) is 8.78 Å². The Balaban J connectivity index is 2.04. The molecular formula is C13H12F2N2O2. The first-order valence-electron chi connectivity index (χ1n) is 5.65. The Morgan fingerprint density at radius 3 is 2.58 bits per heavy atom. The monoisotopic (exact) mass is 266 g/mol. The van der Waals surface area contributed by atoms with Crippen LogP contribution < -0.4 is 4.74 Å². The quantitative estimate of drug-likeness (QED) is 0.779. The van der Waals surface area contributed by atoms with Crippen LogP contribution >= 0.6 is 0 Å². The van der Waals surface area contributed by atoms with Crippen molar-refractivity contribution in [3.05, 3.63) is 47.3 Å². The van der Waals surface area contributed by atoms with Crippen molar-refractivity contribution in [2.24, 2.45) is 7.05 Å². The second-order valence-electron chi connectivity index (χ2n) is 3.98. The topological polar surface area (TPSA) is 44.1 Å². The number of hydrogen-bond acceptors (Lipinski definition) is 3. The third-order valence-electron chi connectivity index (χ3n) is 2.68. The number of aryl methyl sites for hydroxylation is 1. The van der Waals surface area contributed by atoms with Crippen molar-refractivity contribution < 1.29 is 18.3 Å². The van der Waals surface area contributed by atoms with Gasteiger partial charge in [0.1, 0.15) is 6.29 Å². The predicted molar refractivity (Wildman–Crippen MR) is 64.2 cm³/mol. The molecule has 19 heavy (non-hydrogen) atoms. The zero-order valence-corrected chi connectivity index (χ0v) is 10.3. The van der Waals surface area contributed by atoms with Crippen LogP contribution in [0, 0.1) is 11.6 Å². The number of halogens is 2. The number of hydrogen-bond donors (Lipinski definition) is 0. The standard InChI is InChI=1S/C13H12F2N2O2/c1-17-10(2-4-16-17)3-5-19-13-11(14)6-9(8-18)7-12(13)15/h2,4,6-8H,3,5H2,1H3. The molecule has 0 N–H and O–H groups in total. The molecule has 2 aromatic rings. The Morgan fingerprint density at radius 2 is 2.05 bits per heavy atom. The Labute approximate surface area is 108 Å². The normalized spacial score (nSPS) is 10.5. The van der Waals surface area contributed by atoms with Gasteiger partial charge in [-0.25, -0.2) is 8.78 Å². The fraction of sp³-hybridized carbons (Fsp3) is 0.231. The molecule has 4 nitrogen and oxygen atoms in total. The third-order valence-corrected chi connectivity index (χ3v) is 2.68. The van der Waals surface area contributed by atoms with Crippen molar-refractivity contribution in [2.45, 2.75) is 6.42 Å². The lowest BCUT2D eigenvalue weighted by molar-refractivity contribution is 0.112. The molecule has 0 spiro atoms. The van der Waals surface area contributed by atoms with E-state index in [0.29, 0.717) is 12.7 Å².